The summed E-state index contributed by atoms with van der Waals surface area (Å²) in [5.74, 6) is 0. The van der Waals surface area contributed by atoms with Gasteiger partial charge in [0.2, 0.25) is 0 Å². The highest BCUT2D eigenvalue weighted by atomic mass is 15.2. The monoisotopic (exact) mass is 835 g/mol. The van der Waals surface area contributed by atoms with E-state index < -0.39 is 5.41 Å². The van der Waals surface area contributed by atoms with Crippen molar-refractivity contribution < 1.29 is 0 Å². The summed E-state index contributed by atoms with van der Waals surface area (Å²) in [5, 5.41) is 0. The lowest BCUT2D eigenvalue weighted by Gasteiger charge is -2.46. The molecule has 0 saturated carbocycles. The Balaban J connectivity index is 0.944. The molecule has 0 amide bonds. The van der Waals surface area contributed by atoms with Crippen LogP contribution in [0.15, 0.2) is 200 Å². The molecule has 0 radical (unpaired) electrons. The normalized spacial score (nSPS) is 18.8. The van der Waals surface area contributed by atoms with Crippen LogP contribution in [0.5, 0.6) is 0 Å². The van der Waals surface area contributed by atoms with Gasteiger partial charge in [-0.25, -0.2) is 0 Å². The van der Waals surface area contributed by atoms with Gasteiger partial charge >= 0.3 is 0 Å². The minimum absolute atomic E-state index is 0.0360. The van der Waals surface area contributed by atoms with Gasteiger partial charge in [-0.05, 0) is 137 Å². The van der Waals surface area contributed by atoms with Crippen LogP contribution < -0.4 is 4.90 Å². The minimum atomic E-state index is -0.420. The Morgan fingerprint density at radius 2 is 0.831 bits per heavy atom. The van der Waals surface area contributed by atoms with Gasteiger partial charge in [-0.15, -0.1) is 0 Å². The van der Waals surface area contributed by atoms with E-state index in [-0.39, 0.29) is 22.3 Å². The van der Waals surface area contributed by atoms with E-state index in [1.807, 2.05) is 0 Å². The zero-order valence-electron chi connectivity index (χ0n) is 38.2. The molecule has 13 rings (SSSR count). The fraction of sp³-hybridized carbons (Fsp3) is 0.188. The van der Waals surface area contributed by atoms with E-state index in [1.54, 1.807) is 0 Å². The molecule has 1 atom stereocenters. The average molecular weight is 836 g/mol. The number of hydrogen-bond acceptors (Lipinski definition) is 1. The third kappa shape index (κ3) is 5.05. The topological polar surface area (TPSA) is 3.24 Å². The molecule has 1 unspecified atom stereocenters. The summed E-state index contributed by atoms with van der Waals surface area (Å²) in [6, 6.07) is 69.8. The number of nitrogens with zero attached hydrogens (tertiary/aromatic N) is 1. The van der Waals surface area contributed by atoms with Gasteiger partial charge in [0.05, 0.1) is 11.5 Å². The third-order valence-corrected chi connectivity index (χ3v) is 16.6. The molecule has 0 bridgehead atoms. The highest BCUT2D eigenvalue weighted by molar-refractivity contribution is 5.91. The van der Waals surface area contributed by atoms with E-state index >= 15 is 0 Å². The zero-order valence-corrected chi connectivity index (χ0v) is 38.2. The average Bonchev–Trinajstić information content (AvgIpc) is 3.85. The Labute approximate surface area is 384 Å². The van der Waals surface area contributed by atoms with Gasteiger partial charge in [0.25, 0.3) is 0 Å². The Morgan fingerprint density at radius 1 is 0.369 bits per heavy atom. The molecule has 8 aromatic carbocycles. The Morgan fingerprint density at radius 3 is 1.49 bits per heavy atom. The summed E-state index contributed by atoms with van der Waals surface area (Å²) >= 11 is 0. The van der Waals surface area contributed by atoms with Gasteiger partial charge in [0.15, 0.2) is 0 Å². The van der Waals surface area contributed by atoms with Crippen molar-refractivity contribution in [3.63, 3.8) is 0 Å². The molecule has 0 heterocycles. The van der Waals surface area contributed by atoms with Crippen LogP contribution in [0.4, 0.5) is 11.4 Å². The fourth-order valence-corrected chi connectivity index (χ4v) is 13.4. The van der Waals surface area contributed by atoms with Crippen LogP contribution in [0.3, 0.4) is 0 Å². The lowest BCUT2D eigenvalue weighted by Crippen LogP contribution is -2.40. The van der Waals surface area contributed by atoms with Crippen molar-refractivity contribution in [3.8, 4) is 33.4 Å². The summed E-state index contributed by atoms with van der Waals surface area (Å²) in [6.07, 6.45) is 5.85. The zero-order chi connectivity index (χ0) is 44.0. The first-order valence-electron chi connectivity index (χ1n) is 23.6. The molecule has 1 spiro atoms. The predicted molar refractivity (Wildman–Crippen MR) is 271 cm³/mol. The van der Waals surface area contributed by atoms with Gasteiger partial charge in [-0.3, -0.25) is 0 Å². The Kier molecular flexibility index (Phi) is 7.88. The molecule has 1 heteroatoms. The third-order valence-electron chi connectivity index (χ3n) is 16.6. The second-order valence-electron chi connectivity index (χ2n) is 20.8. The quantitative estimate of drug-likeness (QED) is 0.171. The number of hydrogen-bond donors (Lipinski definition) is 0. The van der Waals surface area contributed by atoms with Crippen LogP contribution in [0.2, 0.25) is 0 Å². The second kappa shape index (κ2) is 13.3. The van der Waals surface area contributed by atoms with E-state index in [2.05, 4.69) is 241 Å². The Hall–Kier alpha value is -6.96. The molecule has 0 N–H and O–H groups in total. The van der Waals surface area contributed by atoms with Crippen LogP contribution >= 0.6 is 0 Å². The SMILES string of the molecule is CC1(C)C2=C(C=CC(N(c3ccc(-c4ccc5c(c4)C4(c6ccccc6-5)c5ccccc5C(C)(C)c5ccccc54)cc3)c3ccc4c(c3)C(C)(C)c3ccccc3-4)C2)c2ccccc21. The van der Waals surface area contributed by atoms with Crippen LogP contribution in [0, 0.1) is 0 Å². The maximum Gasteiger partial charge on any atom is 0.0719 e. The molecule has 0 fully saturated rings. The first kappa shape index (κ1) is 38.5. The second-order valence-corrected chi connectivity index (χ2v) is 20.8. The van der Waals surface area contributed by atoms with E-state index in [9.17, 15) is 0 Å². The standard InChI is InChI=1S/C64H53N/c1-61(2)51-20-10-7-17-45(51)48-35-32-43(38-58(48)61)65(44-33-36-49-46-18-8-11-21-52(46)62(3,4)59(49)39-44)42-30-27-40(28-31-42)41-29-34-50-47-19-9-12-22-53(47)64(60(50)37-41)56-25-15-13-23-54(56)63(5,6)55-24-14-16-26-57(55)64/h7-38,44H,39H2,1-6H3. The maximum absolute atomic E-state index is 2.62. The van der Waals surface area contributed by atoms with Crippen molar-refractivity contribution in [2.75, 3.05) is 4.90 Å². The van der Waals surface area contributed by atoms with Gasteiger partial charge in [-0.1, -0.05) is 205 Å². The Bertz CT molecular complexity index is 3340. The van der Waals surface area contributed by atoms with E-state index in [0.717, 1.165) is 6.42 Å². The lowest BCUT2D eigenvalue weighted by atomic mass is 9.55. The first-order chi connectivity index (χ1) is 31.5. The molecular formula is C64H53N. The van der Waals surface area contributed by atoms with Crippen molar-refractivity contribution in [2.45, 2.75) is 75.7 Å². The van der Waals surface area contributed by atoms with Crippen LogP contribution in [0.25, 0.3) is 39.0 Å². The number of rotatable bonds is 4. The molecular weight excluding hydrogens is 783 g/mol. The number of benzene rings is 8. The summed E-state index contributed by atoms with van der Waals surface area (Å²) in [5.41, 5.74) is 26.5. The van der Waals surface area contributed by atoms with E-state index in [4.69, 9.17) is 0 Å². The van der Waals surface area contributed by atoms with Crippen LogP contribution in [0.1, 0.15) is 104 Å². The number of allylic oxidation sites excluding steroid dienone is 2. The predicted octanol–water partition coefficient (Wildman–Crippen LogP) is 15.9. The molecule has 65 heavy (non-hydrogen) atoms. The van der Waals surface area contributed by atoms with Crippen molar-refractivity contribution in [3.05, 3.63) is 255 Å². The smallest absolute Gasteiger partial charge is 0.0719 e. The summed E-state index contributed by atoms with van der Waals surface area (Å²) in [6.45, 7) is 14.4. The van der Waals surface area contributed by atoms with E-state index in [1.165, 1.54) is 112 Å². The fourth-order valence-electron chi connectivity index (χ4n) is 13.4. The van der Waals surface area contributed by atoms with Crippen molar-refractivity contribution >= 4 is 16.9 Å². The van der Waals surface area contributed by atoms with Gasteiger partial charge in [0.1, 0.15) is 0 Å². The molecule has 0 aromatic heterocycles. The van der Waals surface area contributed by atoms with Crippen molar-refractivity contribution in [2.24, 2.45) is 0 Å². The lowest BCUT2D eigenvalue weighted by molar-refractivity contribution is 0.563. The molecule has 5 aliphatic rings. The van der Waals surface area contributed by atoms with Gasteiger partial charge in [0, 0.05) is 27.6 Å². The molecule has 0 saturated heterocycles. The first-order valence-corrected chi connectivity index (χ1v) is 23.6. The van der Waals surface area contributed by atoms with Crippen molar-refractivity contribution in [1.29, 1.82) is 0 Å². The van der Waals surface area contributed by atoms with Gasteiger partial charge in [-0.2, -0.15) is 0 Å². The van der Waals surface area contributed by atoms with Crippen LogP contribution in [-0.2, 0) is 21.7 Å². The van der Waals surface area contributed by atoms with Crippen molar-refractivity contribution in [1.82, 2.24) is 0 Å². The number of fused-ring (bicyclic) bond motifs is 14. The molecule has 1 nitrogen and oxygen atoms in total. The highest BCUT2D eigenvalue weighted by Crippen LogP contribution is 2.62. The molecule has 5 aliphatic carbocycles. The number of anilines is 2. The molecule has 8 aromatic rings. The largest absolute Gasteiger partial charge is 0.334 e. The summed E-state index contributed by atoms with van der Waals surface area (Å²) in [4.78, 5) is 2.62. The summed E-state index contributed by atoms with van der Waals surface area (Å²) in [7, 11) is 0. The summed E-state index contributed by atoms with van der Waals surface area (Å²) < 4.78 is 0. The molecule has 0 aliphatic heterocycles. The van der Waals surface area contributed by atoms with Gasteiger partial charge < -0.3 is 4.90 Å². The maximum atomic E-state index is 2.62. The molecule has 314 valence electrons. The van der Waals surface area contributed by atoms with Crippen LogP contribution in [-0.4, -0.2) is 6.04 Å². The van der Waals surface area contributed by atoms with E-state index in [0.29, 0.717) is 0 Å². The highest BCUT2D eigenvalue weighted by Gasteiger charge is 2.53. The minimum Gasteiger partial charge on any atom is -0.334 e.